The molecule has 0 aliphatic rings. The van der Waals surface area contributed by atoms with Crippen LogP contribution in [0.5, 0.6) is 0 Å². The lowest BCUT2D eigenvalue weighted by Gasteiger charge is -1.99. The van der Waals surface area contributed by atoms with Gasteiger partial charge in [-0.15, -0.1) is 0 Å². The Bertz CT molecular complexity index is 149. The molecule has 0 heterocycles. The molecular weight excluding hydrogens is 222 g/mol. The summed E-state index contributed by atoms with van der Waals surface area (Å²) in [5.41, 5.74) is 0. The molecule has 0 radical (unpaired) electrons. The lowest BCUT2D eigenvalue weighted by atomic mass is 10.2. The van der Waals surface area contributed by atoms with Gasteiger partial charge in [0.1, 0.15) is 0 Å². The molecule has 0 fully saturated rings. The summed E-state index contributed by atoms with van der Waals surface area (Å²) in [6.45, 7) is 5.87. The number of nitrogens with one attached hydrogen (secondary N) is 1. The molecule has 0 aliphatic heterocycles. The average Bonchev–Trinajstić information content (AvgIpc) is 2.31. The molecule has 0 saturated carbocycles. The van der Waals surface area contributed by atoms with Gasteiger partial charge in [0.25, 0.3) is 0 Å². The smallest absolute Gasteiger partial charge is 0.305 e. The first-order chi connectivity index (χ1) is 8.22. The highest BCUT2D eigenvalue weighted by Crippen LogP contribution is 1.99. The number of rotatable bonds is 9. The van der Waals surface area contributed by atoms with Crippen LogP contribution in [-0.4, -0.2) is 49.1 Å². The van der Waals surface area contributed by atoms with Crippen LogP contribution in [0.25, 0.3) is 0 Å². The Labute approximate surface area is 104 Å². The molecule has 0 unspecified atom stereocenters. The van der Waals surface area contributed by atoms with Gasteiger partial charge in [-0.2, -0.15) is 0 Å². The van der Waals surface area contributed by atoms with Gasteiger partial charge in [-0.05, 0) is 13.3 Å². The van der Waals surface area contributed by atoms with Crippen molar-refractivity contribution < 1.29 is 19.7 Å². The summed E-state index contributed by atoms with van der Waals surface area (Å²) in [6.07, 6.45) is 3.83. The molecular formula is C12H27NO4. The van der Waals surface area contributed by atoms with Crippen molar-refractivity contribution in [3.63, 3.8) is 0 Å². The van der Waals surface area contributed by atoms with E-state index in [0.29, 0.717) is 26.1 Å². The first kappa shape index (κ1) is 18.7. The van der Waals surface area contributed by atoms with Gasteiger partial charge in [-0.3, -0.25) is 4.79 Å². The van der Waals surface area contributed by atoms with Crippen molar-refractivity contribution in [2.45, 2.75) is 39.5 Å². The van der Waals surface area contributed by atoms with E-state index in [1.807, 2.05) is 6.92 Å². The maximum absolute atomic E-state index is 10.7. The van der Waals surface area contributed by atoms with Gasteiger partial charge in [0.05, 0.1) is 19.8 Å². The van der Waals surface area contributed by atoms with E-state index >= 15 is 0 Å². The predicted octanol–water partition coefficient (Wildman–Crippen LogP) is 0.690. The number of unbranched alkanes of at least 4 members (excludes halogenated alkanes) is 2. The van der Waals surface area contributed by atoms with Crippen molar-refractivity contribution in [1.29, 1.82) is 0 Å². The van der Waals surface area contributed by atoms with Gasteiger partial charge in [0.15, 0.2) is 0 Å². The second kappa shape index (κ2) is 17.7. The molecule has 5 heteroatoms. The number of hydrogen-bond donors (Lipinski definition) is 3. The number of aliphatic hydroxyl groups is 2. The van der Waals surface area contributed by atoms with Crippen molar-refractivity contribution in [2.75, 3.05) is 32.9 Å². The molecule has 0 spiro atoms. The zero-order valence-corrected chi connectivity index (χ0v) is 11.1. The number of ether oxygens (including phenoxy) is 1. The standard InChI is InChI=1S/C8H16O2.C4H11NO2/c1-3-5-6-7-8(9)10-4-2;6-3-1-5-2-4-7/h3-7H2,1-2H3;5-7H,1-4H2. The SMILES string of the molecule is CCCCCC(=O)OCC.OCCNCCO. The zero-order chi connectivity index (χ0) is 13.4. The predicted molar refractivity (Wildman–Crippen MR) is 67.8 cm³/mol. The molecule has 0 aromatic rings. The maximum atomic E-state index is 10.7. The zero-order valence-electron chi connectivity index (χ0n) is 11.1. The van der Waals surface area contributed by atoms with E-state index in [1.54, 1.807) is 0 Å². The third-order valence-corrected chi connectivity index (χ3v) is 1.87. The summed E-state index contributed by atoms with van der Waals surface area (Å²) < 4.78 is 4.75. The molecule has 0 aliphatic carbocycles. The van der Waals surface area contributed by atoms with E-state index in [-0.39, 0.29) is 19.2 Å². The van der Waals surface area contributed by atoms with Crippen LogP contribution in [-0.2, 0) is 9.53 Å². The lowest BCUT2D eigenvalue weighted by Crippen LogP contribution is -2.21. The van der Waals surface area contributed by atoms with E-state index in [9.17, 15) is 4.79 Å². The van der Waals surface area contributed by atoms with E-state index in [2.05, 4.69) is 12.2 Å². The van der Waals surface area contributed by atoms with E-state index in [4.69, 9.17) is 14.9 Å². The topological polar surface area (TPSA) is 78.8 Å². The van der Waals surface area contributed by atoms with Crippen LogP contribution in [0.15, 0.2) is 0 Å². The minimum atomic E-state index is -0.0593. The Morgan fingerprint density at radius 2 is 1.71 bits per heavy atom. The van der Waals surface area contributed by atoms with Gasteiger partial charge in [-0.1, -0.05) is 19.8 Å². The van der Waals surface area contributed by atoms with E-state index in [1.165, 1.54) is 0 Å². The van der Waals surface area contributed by atoms with Crippen molar-refractivity contribution >= 4 is 5.97 Å². The fraction of sp³-hybridized carbons (Fsp3) is 0.917. The van der Waals surface area contributed by atoms with Crippen molar-refractivity contribution in [3.8, 4) is 0 Å². The summed E-state index contributed by atoms with van der Waals surface area (Å²) in [5.74, 6) is -0.0593. The van der Waals surface area contributed by atoms with Crippen LogP contribution in [0.2, 0.25) is 0 Å². The maximum Gasteiger partial charge on any atom is 0.305 e. The quantitative estimate of drug-likeness (QED) is 0.414. The molecule has 0 aromatic carbocycles. The summed E-state index contributed by atoms with van der Waals surface area (Å²) >= 11 is 0. The van der Waals surface area contributed by atoms with Crippen LogP contribution in [0, 0.1) is 0 Å². The van der Waals surface area contributed by atoms with Crippen LogP contribution >= 0.6 is 0 Å². The summed E-state index contributed by atoms with van der Waals surface area (Å²) in [5, 5.41) is 19.1. The third-order valence-electron chi connectivity index (χ3n) is 1.87. The number of hydrogen-bond acceptors (Lipinski definition) is 5. The fourth-order valence-corrected chi connectivity index (χ4v) is 1.04. The average molecular weight is 249 g/mol. The highest BCUT2D eigenvalue weighted by atomic mass is 16.5. The molecule has 17 heavy (non-hydrogen) atoms. The number of esters is 1. The van der Waals surface area contributed by atoms with Crippen molar-refractivity contribution in [2.24, 2.45) is 0 Å². The molecule has 0 aromatic heterocycles. The van der Waals surface area contributed by atoms with Crippen LogP contribution in [0.3, 0.4) is 0 Å². The first-order valence-corrected chi connectivity index (χ1v) is 6.30. The Morgan fingerprint density at radius 3 is 2.12 bits per heavy atom. The van der Waals surface area contributed by atoms with Crippen molar-refractivity contribution in [1.82, 2.24) is 5.32 Å². The highest BCUT2D eigenvalue weighted by Gasteiger charge is 1.98. The van der Waals surface area contributed by atoms with Gasteiger partial charge in [0, 0.05) is 19.5 Å². The van der Waals surface area contributed by atoms with Gasteiger partial charge < -0.3 is 20.3 Å². The van der Waals surface area contributed by atoms with E-state index in [0.717, 1.165) is 19.3 Å². The Balaban J connectivity index is 0. The van der Waals surface area contributed by atoms with Gasteiger partial charge in [0.2, 0.25) is 0 Å². The fourth-order valence-electron chi connectivity index (χ4n) is 1.04. The second-order valence-electron chi connectivity index (χ2n) is 3.46. The van der Waals surface area contributed by atoms with Crippen LogP contribution < -0.4 is 5.32 Å². The van der Waals surface area contributed by atoms with E-state index < -0.39 is 0 Å². The minimum Gasteiger partial charge on any atom is -0.466 e. The molecule has 104 valence electrons. The molecule has 3 N–H and O–H groups in total. The summed E-state index contributed by atoms with van der Waals surface area (Å²) in [7, 11) is 0. The Kier molecular flexibility index (Phi) is 19.5. The molecule has 5 nitrogen and oxygen atoms in total. The van der Waals surface area contributed by atoms with Crippen LogP contribution in [0.1, 0.15) is 39.5 Å². The van der Waals surface area contributed by atoms with Crippen LogP contribution in [0.4, 0.5) is 0 Å². The number of aliphatic hydroxyl groups excluding tert-OH is 2. The minimum absolute atomic E-state index is 0.0593. The van der Waals surface area contributed by atoms with Crippen molar-refractivity contribution in [3.05, 3.63) is 0 Å². The van der Waals surface area contributed by atoms with Gasteiger partial charge in [-0.25, -0.2) is 0 Å². The highest BCUT2D eigenvalue weighted by molar-refractivity contribution is 5.69. The third kappa shape index (κ3) is 21.2. The summed E-state index contributed by atoms with van der Waals surface area (Å²) in [4.78, 5) is 10.7. The Morgan fingerprint density at radius 1 is 1.12 bits per heavy atom. The monoisotopic (exact) mass is 249 g/mol. The Hall–Kier alpha value is -0.650. The molecule has 0 saturated heterocycles. The lowest BCUT2D eigenvalue weighted by molar-refractivity contribution is -0.143. The largest absolute Gasteiger partial charge is 0.466 e. The number of carbonyl (C=O) groups excluding carboxylic acids is 1. The molecule has 0 amide bonds. The molecule has 0 bridgehead atoms. The van der Waals surface area contributed by atoms with Gasteiger partial charge >= 0.3 is 5.97 Å². The summed E-state index contributed by atoms with van der Waals surface area (Å²) in [6, 6.07) is 0. The normalized spacial score (nSPS) is 9.41. The number of carbonyl (C=O) groups is 1. The molecule has 0 atom stereocenters. The second-order valence-corrected chi connectivity index (χ2v) is 3.46. The molecule has 0 rings (SSSR count). The first-order valence-electron chi connectivity index (χ1n) is 6.30.